The fourth-order valence-electron chi connectivity index (χ4n) is 4.44. The van der Waals surface area contributed by atoms with Crippen LogP contribution in [0.1, 0.15) is 25.8 Å². The van der Waals surface area contributed by atoms with Crippen molar-refractivity contribution in [2.24, 2.45) is 17.3 Å². The van der Waals surface area contributed by atoms with Crippen molar-refractivity contribution in [2.45, 2.75) is 32.9 Å². The second-order valence-electron chi connectivity index (χ2n) is 7.37. The van der Waals surface area contributed by atoms with E-state index in [0.717, 1.165) is 5.56 Å². The molecule has 1 aliphatic heterocycles. The highest BCUT2D eigenvalue weighted by molar-refractivity contribution is 6.07. The molecule has 2 bridgehead atoms. The second-order valence-corrected chi connectivity index (χ2v) is 7.37. The third-order valence-corrected chi connectivity index (χ3v) is 5.70. The molecule has 1 heterocycles. The van der Waals surface area contributed by atoms with Crippen LogP contribution >= 0.6 is 0 Å². The molecular formula is C20H25NO5. The summed E-state index contributed by atoms with van der Waals surface area (Å²) in [5, 5.41) is 0. The molecule has 0 amide bonds. The number of rotatable bonds is 4. The normalized spacial score (nSPS) is 31.3. The minimum Gasteiger partial charge on any atom is -0.468 e. The number of ether oxygens (including phenoxy) is 2. The predicted octanol–water partition coefficient (Wildman–Crippen LogP) is 1.82. The Labute approximate surface area is 153 Å². The second kappa shape index (κ2) is 7.19. The first kappa shape index (κ1) is 18.6. The molecule has 3 rings (SSSR count). The lowest BCUT2D eigenvalue weighted by Crippen LogP contribution is -2.66. The molecule has 0 spiro atoms. The average molecular weight is 359 g/mol. The van der Waals surface area contributed by atoms with Gasteiger partial charge in [-0.15, -0.1) is 0 Å². The number of likely N-dealkylation sites (tertiary alicyclic amines) is 1. The Hall–Kier alpha value is -2.21. The van der Waals surface area contributed by atoms with Gasteiger partial charge in [0, 0.05) is 26.6 Å². The molecule has 1 aromatic carbocycles. The number of hydrogen-bond acceptors (Lipinski definition) is 6. The molecule has 0 aromatic heterocycles. The number of carbonyl (C=O) groups is 3. The van der Waals surface area contributed by atoms with E-state index >= 15 is 0 Å². The van der Waals surface area contributed by atoms with Gasteiger partial charge in [-0.25, -0.2) is 0 Å². The Morgan fingerprint density at radius 1 is 1.27 bits per heavy atom. The number of carbonyl (C=O) groups excluding carboxylic acids is 3. The van der Waals surface area contributed by atoms with Gasteiger partial charge in [-0.3, -0.25) is 19.3 Å². The lowest BCUT2D eigenvalue weighted by atomic mass is 9.59. The van der Waals surface area contributed by atoms with E-state index in [1.54, 1.807) is 0 Å². The lowest BCUT2D eigenvalue weighted by molar-refractivity contribution is -0.184. The summed E-state index contributed by atoms with van der Waals surface area (Å²) in [6.45, 7) is 4.65. The molecule has 0 N–H and O–H groups in total. The van der Waals surface area contributed by atoms with Gasteiger partial charge in [-0.1, -0.05) is 37.3 Å². The molecule has 2 aliphatic rings. The average Bonchev–Trinajstić information content (AvgIpc) is 2.61. The maximum atomic E-state index is 13.2. The highest BCUT2D eigenvalue weighted by Crippen LogP contribution is 2.47. The molecule has 4 unspecified atom stereocenters. The summed E-state index contributed by atoms with van der Waals surface area (Å²) in [6.07, 6.45) is -0.00378. The summed E-state index contributed by atoms with van der Waals surface area (Å²) < 4.78 is 10.5. The van der Waals surface area contributed by atoms with Gasteiger partial charge in [-0.05, 0) is 17.9 Å². The summed E-state index contributed by atoms with van der Waals surface area (Å²) in [5.41, 5.74) is -0.0834. The summed E-state index contributed by atoms with van der Waals surface area (Å²) in [6, 6.07) is 9.91. The van der Waals surface area contributed by atoms with Gasteiger partial charge in [0.15, 0.2) is 5.78 Å². The van der Waals surface area contributed by atoms with Crippen LogP contribution in [0.4, 0.5) is 0 Å². The van der Waals surface area contributed by atoms with Gasteiger partial charge in [0.2, 0.25) is 0 Å². The molecule has 1 aromatic rings. The van der Waals surface area contributed by atoms with E-state index in [0.29, 0.717) is 26.1 Å². The maximum Gasteiger partial charge on any atom is 0.320 e. The third-order valence-electron chi connectivity index (χ3n) is 5.70. The van der Waals surface area contributed by atoms with Crippen LogP contribution in [-0.2, 0) is 30.4 Å². The molecule has 1 aliphatic carbocycles. The highest BCUT2D eigenvalue weighted by Gasteiger charge is 2.62. The van der Waals surface area contributed by atoms with Gasteiger partial charge in [-0.2, -0.15) is 0 Å². The molecule has 4 atom stereocenters. The van der Waals surface area contributed by atoms with Crippen LogP contribution in [0.5, 0.6) is 0 Å². The number of esters is 2. The molecule has 26 heavy (non-hydrogen) atoms. The zero-order valence-electron chi connectivity index (χ0n) is 15.4. The standard InChI is InChI=1S/C20H25NO5/c1-13-9-17(26-14(2)22)16-11-21(10-15-7-5-4-6-8-15)12-20(13,18(16)23)19(24)25-3/h4-8,13,16-17H,9-12H2,1-3H3. The Morgan fingerprint density at radius 3 is 2.58 bits per heavy atom. The van der Waals surface area contributed by atoms with Crippen LogP contribution in [0.25, 0.3) is 0 Å². The van der Waals surface area contributed by atoms with E-state index in [1.165, 1.54) is 14.0 Å². The van der Waals surface area contributed by atoms with Gasteiger partial charge in [0.1, 0.15) is 11.5 Å². The quantitative estimate of drug-likeness (QED) is 0.603. The summed E-state index contributed by atoms with van der Waals surface area (Å²) >= 11 is 0. The fourth-order valence-corrected chi connectivity index (χ4v) is 4.44. The van der Waals surface area contributed by atoms with Gasteiger partial charge < -0.3 is 9.47 Å². The minimum atomic E-state index is -1.19. The minimum absolute atomic E-state index is 0.154. The largest absolute Gasteiger partial charge is 0.468 e. The van der Waals surface area contributed by atoms with E-state index in [9.17, 15) is 14.4 Å². The first-order chi connectivity index (χ1) is 12.4. The van der Waals surface area contributed by atoms with E-state index in [1.807, 2.05) is 37.3 Å². The van der Waals surface area contributed by atoms with E-state index in [4.69, 9.17) is 9.47 Å². The monoisotopic (exact) mass is 359 g/mol. The lowest BCUT2D eigenvalue weighted by Gasteiger charge is -2.51. The van der Waals surface area contributed by atoms with E-state index in [-0.39, 0.29) is 11.7 Å². The predicted molar refractivity (Wildman–Crippen MR) is 94.0 cm³/mol. The number of nitrogens with zero attached hydrogens (tertiary/aromatic N) is 1. The van der Waals surface area contributed by atoms with Gasteiger partial charge in [0.05, 0.1) is 13.0 Å². The van der Waals surface area contributed by atoms with Crippen LogP contribution < -0.4 is 0 Å². The molecule has 140 valence electrons. The molecule has 1 saturated heterocycles. The van der Waals surface area contributed by atoms with Crippen molar-refractivity contribution in [2.75, 3.05) is 20.2 Å². The van der Waals surface area contributed by atoms with E-state index in [2.05, 4.69) is 4.90 Å². The smallest absolute Gasteiger partial charge is 0.320 e. The first-order valence-electron chi connectivity index (χ1n) is 8.94. The Bertz CT molecular complexity index is 703. The van der Waals surface area contributed by atoms with Crippen LogP contribution in [-0.4, -0.2) is 48.9 Å². The van der Waals surface area contributed by atoms with Crippen molar-refractivity contribution >= 4 is 17.7 Å². The van der Waals surface area contributed by atoms with Crippen molar-refractivity contribution < 1.29 is 23.9 Å². The van der Waals surface area contributed by atoms with Crippen molar-refractivity contribution in [3.8, 4) is 0 Å². The van der Waals surface area contributed by atoms with Crippen LogP contribution in [0.2, 0.25) is 0 Å². The molecular weight excluding hydrogens is 334 g/mol. The van der Waals surface area contributed by atoms with Crippen LogP contribution in [0.15, 0.2) is 30.3 Å². The number of fused-ring (bicyclic) bond motifs is 2. The fraction of sp³-hybridized carbons (Fsp3) is 0.550. The summed E-state index contributed by atoms with van der Waals surface area (Å²) in [7, 11) is 1.32. The molecule has 0 radical (unpaired) electrons. The maximum absolute atomic E-state index is 13.2. The third kappa shape index (κ3) is 3.14. The number of Topliss-reactive ketones (excluding diaryl/α,β-unsaturated/α-hetero) is 1. The Morgan fingerprint density at radius 2 is 1.96 bits per heavy atom. The highest BCUT2D eigenvalue weighted by atomic mass is 16.5. The zero-order valence-corrected chi connectivity index (χ0v) is 15.4. The number of hydrogen-bond donors (Lipinski definition) is 0. The van der Waals surface area contributed by atoms with Crippen molar-refractivity contribution in [1.82, 2.24) is 4.90 Å². The Kier molecular flexibility index (Phi) is 5.14. The first-order valence-corrected chi connectivity index (χ1v) is 8.94. The topological polar surface area (TPSA) is 72.9 Å². The van der Waals surface area contributed by atoms with Crippen LogP contribution in [0.3, 0.4) is 0 Å². The van der Waals surface area contributed by atoms with Crippen molar-refractivity contribution in [3.63, 3.8) is 0 Å². The van der Waals surface area contributed by atoms with Crippen molar-refractivity contribution in [1.29, 1.82) is 0 Å². The van der Waals surface area contributed by atoms with Gasteiger partial charge in [0.25, 0.3) is 0 Å². The Balaban J connectivity index is 1.94. The molecule has 6 heteroatoms. The van der Waals surface area contributed by atoms with Crippen LogP contribution in [0, 0.1) is 17.3 Å². The summed E-state index contributed by atoms with van der Waals surface area (Å²) in [4.78, 5) is 39.5. The SMILES string of the molecule is COC(=O)C12CN(Cc3ccccc3)CC(C1=O)C(OC(C)=O)CC2C. The summed E-state index contributed by atoms with van der Waals surface area (Å²) in [5.74, 6) is -1.81. The molecule has 6 nitrogen and oxygen atoms in total. The molecule has 1 saturated carbocycles. The van der Waals surface area contributed by atoms with Gasteiger partial charge >= 0.3 is 11.9 Å². The number of methoxy groups -OCH3 is 1. The number of benzene rings is 1. The molecule has 2 fully saturated rings. The number of ketones is 1. The zero-order chi connectivity index (χ0) is 18.9. The van der Waals surface area contributed by atoms with Crippen molar-refractivity contribution in [3.05, 3.63) is 35.9 Å². The number of piperidine rings is 1. The van der Waals surface area contributed by atoms with E-state index < -0.39 is 29.4 Å².